The molecule has 0 radical (unpaired) electrons. The number of rotatable bonds is 3. The molecule has 0 saturated heterocycles. The van der Waals surface area contributed by atoms with Crippen molar-refractivity contribution in [3.05, 3.63) is 35.0 Å². The van der Waals surface area contributed by atoms with Gasteiger partial charge in [0.25, 0.3) is 0 Å². The maximum Gasteiger partial charge on any atom is 0.435 e. The molecule has 5 nitrogen and oxygen atoms in total. The average Bonchev–Trinajstić information content (AvgIpc) is 2.74. The summed E-state index contributed by atoms with van der Waals surface area (Å²) in [6.45, 7) is 9.57. The summed E-state index contributed by atoms with van der Waals surface area (Å²) in [7, 11) is 0. The van der Waals surface area contributed by atoms with E-state index in [1.807, 2.05) is 32.9 Å². The summed E-state index contributed by atoms with van der Waals surface area (Å²) >= 11 is 6.06. The fourth-order valence-corrected chi connectivity index (χ4v) is 2.54. The van der Waals surface area contributed by atoms with Gasteiger partial charge in [-0.2, -0.15) is 9.78 Å². The molecule has 1 aromatic carbocycles. The predicted octanol–water partition coefficient (Wildman–Crippen LogP) is 4.77. The molecule has 0 spiro atoms. The van der Waals surface area contributed by atoms with Gasteiger partial charge in [0.05, 0.1) is 11.4 Å². The van der Waals surface area contributed by atoms with Crippen molar-refractivity contribution in [2.45, 2.75) is 46.6 Å². The molecule has 24 heavy (non-hydrogen) atoms. The lowest BCUT2D eigenvalue weighted by atomic mass is 10.0. The Balaban J connectivity index is 2.53. The van der Waals surface area contributed by atoms with Gasteiger partial charge in [-0.05, 0) is 45.2 Å². The molecule has 0 aliphatic rings. The Kier molecular flexibility index (Phi) is 5.23. The second kappa shape index (κ2) is 6.85. The summed E-state index contributed by atoms with van der Waals surface area (Å²) < 4.78 is 6.73. The van der Waals surface area contributed by atoms with E-state index < -0.39 is 11.7 Å². The van der Waals surface area contributed by atoms with Crippen LogP contribution in [0.25, 0.3) is 11.3 Å². The highest BCUT2D eigenvalue weighted by atomic mass is 35.5. The number of halogens is 1. The molecule has 130 valence electrons. The number of carbonyl (C=O) groups is 1. The zero-order chi connectivity index (χ0) is 18.1. The van der Waals surface area contributed by atoms with Crippen LogP contribution >= 0.6 is 11.6 Å². The van der Waals surface area contributed by atoms with E-state index in [2.05, 4.69) is 18.9 Å². The van der Waals surface area contributed by atoms with Gasteiger partial charge in [-0.15, -0.1) is 0 Å². The SMILES string of the molecule is CC(C)Cc1c(N)c(-c2cccc(Cl)c2)nn1C(=O)OC(C)(C)C. The minimum absolute atomic E-state index is 0.317. The van der Waals surface area contributed by atoms with E-state index in [1.54, 1.807) is 12.1 Å². The fraction of sp³-hybridized carbons (Fsp3) is 0.444. The van der Waals surface area contributed by atoms with E-state index >= 15 is 0 Å². The first kappa shape index (κ1) is 18.3. The molecule has 0 aliphatic carbocycles. The van der Waals surface area contributed by atoms with Crippen LogP contribution in [0.15, 0.2) is 24.3 Å². The number of carbonyl (C=O) groups excluding carboxylic acids is 1. The van der Waals surface area contributed by atoms with Crippen LogP contribution in [0.3, 0.4) is 0 Å². The summed E-state index contributed by atoms with van der Waals surface area (Å²) in [5.41, 5.74) is 8.15. The molecule has 0 unspecified atom stereocenters. The standard InChI is InChI=1S/C18H24ClN3O2/c1-11(2)9-14-15(20)16(12-7-6-8-13(19)10-12)21-22(14)17(23)24-18(3,4)5/h6-8,10-11H,9,20H2,1-5H3. The van der Waals surface area contributed by atoms with Crippen LogP contribution in [-0.2, 0) is 11.2 Å². The predicted molar refractivity (Wildman–Crippen MR) is 97.3 cm³/mol. The smallest absolute Gasteiger partial charge is 0.435 e. The second-order valence-corrected chi connectivity index (χ2v) is 7.65. The van der Waals surface area contributed by atoms with Gasteiger partial charge in [0, 0.05) is 10.6 Å². The van der Waals surface area contributed by atoms with Crippen LogP contribution in [0, 0.1) is 5.92 Å². The number of hydrogen-bond acceptors (Lipinski definition) is 4. The maximum atomic E-state index is 12.5. The molecule has 2 N–H and O–H groups in total. The summed E-state index contributed by atoms with van der Waals surface area (Å²) in [4.78, 5) is 12.5. The summed E-state index contributed by atoms with van der Waals surface area (Å²) in [5, 5.41) is 5.00. The molecule has 2 rings (SSSR count). The molecule has 1 aromatic heterocycles. The Morgan fingerprint density at radius 1 is 1.38 bits per heavy atom. The van der Waals surface area contributed by atoms with Gasteiger partial charge in [-0.25, -0.2) is 4.79 Å². The molecular weight excluding hydrogens is 326 g/mol. The highest BCUT2D eigenvalue weighted by molar-refractivity contribution is 6.30. The molecule has 1 heterocycles. The topological polar surface area (TPSA) is 70.1 Å². The molecule has 0 fully saturated rings. The van der Waals surface area contributed by atoms with E-state index in [1.165, 1.54) is 4.68 Å². The molecular formula is C18H24ClN3O2. The lowest BCUT2D eigenvalue weighted by Crippen LogP contribution is -2.29. The van der Waals surface area contributed by atoms with Crippen LogP contribution in [0.2, 0.25) is 5.02 Å². The van der Waals surface area contributed by atoms with Crippen LogP contribution in [0.5, 0.6) is 0 Å². The number of aromatic nitrogens is 2. The average molecular weight is 350 g/mol. The summed E-state index contributed by atoms with van der Waals surface area (Å²) in [6.07, 6.45) is 0.0941. The lowest BCUT2D eigenvalue weighted by Gasteiger charge is -2.20. The third-order valence-electron chi connectivity index (χ3n) is 3.29. The Hall–Kier alpha value is -2.01. The van der Waals surface area contributed by atoms with Gasteiger partial charge in [-0.1, -0.05) is 37.6 Å². The molecule has 0 atom stereocenters. The first-order valence-electron chi connectivity index (χ1n) is 7.95. The highest BCUT2D eigenvalue weighted by Crippen LogP contribution is 2.31. The number of nitrogen functional groups attached to an aromatic ring is 1. The highest BCUT2D eigenvalue weighted by Gasteiger charge is 2.25. The van der Waals surface area contributed by atoms with Gasteiger partial charge < -0.3 is 10.5 Å². The summed E-state index contributed by atoms with van der Waals surface area (Å²) in [6, 6.07) is 7.24. The zero-order valence-corrected chi connectivity index (χ0v) is 15.5. The minimum Gasteiger partial charge on any atom is -0.442 e. The Bertz CT molecular complexity index is 745. The molecule has 6 heteroatoms. The maximum absolute atomic E-state index is 12.5. The van der Waals surface area contributed by atoms with Crippen molar-refractivity contribution in [3.8, 4) is 11.3 Å². The minimum atomic E-state index is -0.608. The molecule has 0 amide bonds. The van der Waals surface area contributed by atoms with E-state index in [0.717, 1.165) is 5.56 Å². The van der Waals surface area contributed by atoms with E-state index in [4.69, 9.17) is 22.1 Å². The Labute approximate surface area is 147 Å². The fourth-order valence-electron chi connectivity index (χ4n) is 2.35. The number of nitrogens with zero attached hydrogens (tertiary/aromatic N) is 2. The quantitative estimate of drug-likeness (QED) is 0.866. The third kappa shape index (κ3) is 4.29. The van der Waals surface area contributed by atoms with E-state index in [0.29, 0.717) is 34.4 Å². The number of nitrogens with two attached hydrogens (primary N) is 1. The van der Waals surface area contributed by atoms with Crippen molar-refractivity contribution in [1.29, 1.82) is 0 Å². The first-order valence-corrected chi connectivity index (χ1v) is 8.33. The zero-order valence-electron chi connectivity index (χ0n) is 14.8. The van der Waals surface area contributed by atoms with Gasteiger partial charge in [-0.3, -0.25) is 0 Å². The molecule has 0 aliphatic heterocycles. The Morgan fingerprint density at radius 3 is 2.58 bits per heavy atom. The monoisotopic (exact) mass is 349 g/mol. The molecule has 0 bridgehead atoms. The van der Waals surface area contributed by atoms with Crippen LogP contribution in [0.4, 0.5) is 10.5 Å². The number of hydrogen-bond donors (Lipinski definition) is 1. The number of ether oxygens (including phenoxy) is 1. The number of anilines is 1. The van der Waals surface area contributed by atoms with Gasteiger partial charge >= 0.3 is 6.09 Å². The van der Waals surface area contributed by atoms with Crippen LogP contribution in [-0.4, -0.2) is 21.5 Å². The van der Waals surface area contributed by atoms with Crippen molar-refractivity contribution in [1.82, 2.24) is 9.78 Å². The van der Waals surface area contributed by atoms with Crippen molar-refractivity contribution >= 4 is 23.4 Å². The van der Waals surface area contributed by atoms with Crippen molar-refractivity contribution < 1.29 is 9.53 Å². The van der Waals surface area contributed by atoms with Crippen LogP contribution < -0.4 is 5.73 Å². The van der Waals surface area contributed by atoms with Gasteiger partial charge in [0.1, 0.15) is 11.3 Å². The summed E-state index contributed by atoms with van der Waals surface area (Å²) in [5.74, 6) is 0.317. The van der Waals surface area contributed by atoms with Gasteiger partial charge in [0.15, 0.2) is 0 Å². The number of benzene rings is 1. The van der Waals surface area contributed by atoms with Crippen molar-refractivity contribution in [2.24, 2.45) is 5.92 Å². The van der Waals surface area contributed by atoms with E-state index in [9.17, 15) is 4.79 Å². The van der Waals surface area contributed by atoms with Gasteiger partial charge in [0.2, 0.25) is 0 Å². The second-order valence-electron chi connectivity index (χ2n) is 7.21. The van der Waals surface area contributed by atoms with E-state index in [-0.39, 0.29) is 0 Å². The largest absolute Gasteiger partial charge is 0.442 e. The Morgan fingerprint density at radius 2 is 2.04 bits per heavy atom. The molecule has 2 aromatic rings. The normalized spacial score (nSPS) is 11.8. The first-order chi connectivity index (χ1) is 11.1. The third-order valence-corrected chi connectivity index (χ3v) is 3.52. The van der Waals surface area contributed by atoms with Crippen LogP contribution in [0.1, 0.15) is 40.3 Å². The molecule has 0 saturated carbocycles. The van der Waals surface area contributed by atoms with Crippen molar-refractivity contribution in [2.75, 3.05) is 5.73 Å². The lowest BCUT2D eigenvalue weighted by molar-refractivity contribution is 0.0509. The van der Waals surface area contributed by atoms with Crippen molar-refractivity contribution in [3.63, 3.8) is 0 Å².